The molecule has 1 aliphatic heterocycles. The summed E-state index contributed by atoms with van der Waals surface area (Å²) >= 11 is 0. The fourth-order valence-electron chi connectivity index (χ4n) is 3.52. The van der Waals surface area contributed by atoms with E-state index in [-0.39, 0.29) is 6.61 Å². The van der Waals surface area contributed by atoms with Crippen molar-refractivity contribution in [1.82, 2.24) is 19.5 Å². The minimum atomic E-state index is -1.19. The van der Waals surface area contributed by atoms with Crippen LogP contribution in [0.1, 0.15) is 25.1 Å². The Kier molecular flexibility index (Phi) is 4.88. The second kappa shape index (κ2) is 7.32. The number of nitrogens with zero attached hydrogens (tertiary/aromatic N) is 4. The van der Waals surface area contributed by atoms with Gasteiger partial charge in [-0.3, -0.25) is 4.57 Å². The lowest BCUT2D eigenvalue weighted by atomic mass is 10.0. The van der Waals surface area contributed by atoms with Crippen molar-refractivity contribution in [3.63, 3.8) is 0 Å². The van der Waals surface area contributed by atoms with E-state index in [1.807, 2.05) is 12.1 Å². The number of imidazole rings is 1. The molecule has 0 amide bonds. The minimum absolute atomic E-state index is 0.383. The van der Waals surface area contributed by atoms with Crippen molar-refractivity contribution in [2.45, 2.75) is 44.3 Å². The Morgan fingerprint density at radius 3 is 2.74 bits per heavy atom. The van der Waals surface area contributed by atoms with Gasteiger partial charge in [-0.05, 0) is 18.1 Å². The molecule has 1 aromatic carbocycles. The third-order valence-electron chi connectivity index (χ3n) is 4.89. The van der Waals surface area contributed by atoms with Crippen LogP contribution in [0.25, 0.3) is 22.4 Å². The van der Waals surface area contributed by atoms with E-state index in [0.717, 1.165) is 18.4 Å². The highest BCUT2D eigenvalue weighted by atomic mass is 16.6. The molecule has 1 saturated heterocycles. The highest BCUT2D eigenvalue weighted by molar-refractivity contribution is 5.87. The van der Waals surface area contributed by atoms with Gasteiger partial charge in [0.05, 0.1) is 12.9 Å². The molecule has 27 heavy (non-hydrogen) atoms. The molecule has 1 aliphatic rings. The molecule has 4 rings (SSSR count). The zero-order chi connectivity index (χ0) is 19.0. The summed E-state index contributed by atoms with van der Waals surface area (Å²) in [6.45, 7) is 1.75. The van der Waals surface area contributed by atoms with Crippen LogP contribution in [0.15, 0.2) is 36.9 Å². The van der Waals surface area contributed by atoms with Crippen LogP contribution in [-0.2, 0) is 11.2 Å². The third-order valence-corrected chi connectivity index (χ3v) is 4.89. The molecule has 0 aliphatic carbocycles. The maximum absolute atomic E-state index is 10.3. The van der Waals surface area contributed by atoms with E-state index in [0.29, 0.717) is 16.9 Å². The third kappa shape index (κ3) is 3.10. The van der Waals surface area contributed by atoms with Gasteiger partial charge in [0, 0.05) is 5.56 Å². The summed E-state index contributed by atoms with van der Waals surface area (Å²) < 4.78 is 7.17. The van der Waals surface area contributed by atoms with Crippen molar-refractivity contribution in [2.75, 3.05) is 6.61 Å². The van der Waals surface area contributed by atoms with Gasteiger partial charge >= 0.3 is 0 Å². The molecule has 0 bridgehead atoms. The average Bonchev–Trinajstić information content (AvgIpc) is 3.23. The van der Waals surface area contributed by atoms with Gasteiger partial charge in [-0.2, -0.15) is 0 Å². The normalized spacial score (nSPS) is 25.3. The van der Waals surface area contributed by atoms with Crippen LogP contribution in [0.3, 0.4) is 0 Å². The highest BCUT2D eigenvalue weighted by Crippen LogP contribution is 2.33. The summed E-state index contributed by atoms with van der Waals surface area (Å²) in [5, 5.41) is 29.6. The molecule has 3 N–H and O–H groups in total. The molecular formula is C19H22N4O4. The molecule has 0 spiro atoms. The SMILES string of the molecule is CCCc1cccc(-c2ncnc3c2ncn3[C@@H]2O[C@H](CO)[C@@H](O)[C@H]2O)c1. The number of fused-ring (bicyclic) bond motifs is 1. The van der Waals surface area contributed by atoms with Crippen LogP contribution >= 0.6 is 0 Å². The zero-order valence-electron chi connectivity index (χ0n) is 14.9. The monoisotopic (exact) mass is 370 g/mol. The molecule has 1 fully saturated rings. The Bertz CT molecular complexity index is 944. The second-order valence-corrected chi connectivity index (χ2v) is 6.73. The first-order valence-corrected chi connectivity index (χ1v) is 9.03. The quantitative estimate of drug-likeness (QED) is 0.615. The Labute approximate surface area is 156 Å². The van der Waals surface area contributed by atoms with Gasteiger partial charge in [0.25, 0.3) is 0 Å². The minimum Gasteiger partial charge on any atom is -0.394 e. The van der Waals surface area contributed by atoms with E-state index in [1.165, 1.54) is 18.2 Å². The number of aliphatic hydroxyl groups is 3. The van der Waals surface area contributed by atoms with Crippen molar-refractivity contribution >= 4 is 11.2 Å². The largest absolute Gasteiger partial charge is 0.394 e. The summed E-state index contributed by atoms with van der Waals surface area (Å²) in [6, 6.07) is 8.16. The summed E-state index contributed by atoms with van der Waals surface area (Å²) in [5.74, 6) is 0. The van der Waals surface area contributed by atoms with E-state index in [2.05, 4.69) is 34.0 Å². The van der Waals surface area contributed by atoms with Crippen LogP contribution in [0.2, 0.25) is 0 Å². The lowest BCUT2D eigenvalue weighted by Crippen LogP contribution is -2.33. The van der Waals surface area contributed by atoms with Crippen LogP contribution in [0, 0.1) is 0 Å². The van der Waals surface area contributed by atoms with Crippen molar-refractivity contribution in [3.8, 4) is 11.3 Å². The maximum Gasteiger partial charge on any atom is 0.166 e. The first kappa shape index (κ1) is 18.0. The van der Waals surface area contributed by atoms with Crippen molar-refractivity contribution in [2.24, 2.45) is 0 Å². The van der Waals surface area contributed by atoms with Crippen LogP contribution in [-0.4, -0.2) is 59.8 Å². The number of rotatable bonds is 5. The predicted molar refractivity (Wildman–Crippen MR) is 97.8 cm³/mol. The fraction of sp³-hybridized carbons (Fsp3) is 0.421. The molecule has 142 valence electrons. The maximum atomic E-state index is 10.3. The van der Waals surface area contributed by atoms with E-state index < -0.39 is 24.5 Å². The van der Waals surface area contributed by atoms with Gasteiger partial charge in [-0.1, -0.05) is 31.5 Å². The fourth-order valence-corrected chi connectivity index (χ4v) is 3.52. The number of aliphatic hydroxyl groups excluding tert-OH is 3. The van der Waals surface area contributed by atoms with Gasteiger partial charge in [0.2, 0.25) is 0 Å². The lowest BCUT2D eigenvalue weighted by Gasteiger charge is -2.16. The molecule has 2 aromatic heterocycles. The number of aryl methyl sites for hydroxylation is 1. The van der Waals surface area contributed by atoms with Gasteiger partial charge in [-0.15, -0.1) is 0 Å². The van der Waals surface area contributed by atoms with E-state index >= 15 is 0 Å². The van der Waals surface area contributed by atoms with Crippen molar-refractivity contribution in [3.05, 3.63) is 42.5 Å². The molecule has 8 nitrogen and oxygen atoms in total. The van der Waals surface area contributed by atoms with Gasteiger partial charge in [0.15, 0.2) is 11.9 Å². The molecule has 0 saturated carbocycles. The van der Waals surface area contributed by atoms with Crippen molar-refractivity contribution < 1.29 is 20.1 Å². The molecular weight excluding hydrogens is 348 g/mol. The number of benzene rings is 1. The Morgan fingerprint density at radius 1 is 1.15 bits per heavy atom. The number of hydrogen-bond acceptors (Lipinski definition) is 7. The van der Waals surface area contributed by atoms with Gasteiger partial charge < -0.3 is 20.1 Å². The lowest BCUT2D eigenvalue weighted by molar-refractivity contribution is -0.0511. The summed E-state index contributed by atoms with van der Waals surface area (Å²) in [5.41, 5.74) is 3.95. The topological polar surface area (TPSA) is 114 Å². The van der Waals surface area contributed by atoms with E-state index in [9.17, 15) is 15.3 Å². The Hall–Kier alpha value is -2.39. The van der Waals surface area contributed by atoms with Gasteiger partial charge in [0.1, 0.15) is 35.8 Å². The smallest absolute Gasteiger partial charge is 0.166 e. The number of aromatic nitrogens is 4. The second-order valence-electron chi connectivity index (χ2n) is 6.73. The van der Waals surface area contributed by atoms with Crippen LogP contribution in [0.5, 0.6) is 0 Å². The van der Waals surface area contributed by atoms with E-state index in [4.69, 9.17) is 4.74 Å². The molecule has 3 heterocycles. The molecule has 3 aromatic rings. The first-order valence-electron chi connectivity index (χ1n) is 9.03. The van der Waals surface area contributed by atoms with E-state index in [1.54, 1.807) is 4.57 Å². The molecule has 0 unspecified atom stereocenters. The zero-order valence-corrected chi connectivity index (χ0v) is 14.9. The summed E-state index contributed by atoms with van der Waals surface area (Å²) in [4.78, 5) is 13.1. The molecule has 8 heteroatoms. The predicted octanol–water partition coefficient (Wildman–Crippen LogP) is 1.06. The van der Waals surface area contributed by atoms with Crippen molar-refractivity contribution in [1.29, 1.82) is 0 Å². The summed E-state index contributed by atoms with van der Waals surface area (Å²) in [6.07, 6.45) is 0.908. The molecule has 0 radical (unpaired) electrons. The van der Waals surface area contributed by atoms with Crippen LogP contribution in [0.4, 0.5) is 0 Å². The van der Waals surface area contributed by atoms with Crippen LogP contribution < -0.4 is 0 Å². The highest BCUT2D eigenvalue weighted by Gasteiger charge is 2.44. The van der Waals surface area contributed by atoms with Gasteiger partial charge in [-0.25, -0.2) is 15.0 Å². The standard InChI is InChI=1S/C19H22N4O4/c1-2-4-11-5-3-6-12(7-11)14-15-18(21-9-20-14)23(10-22-15)19-17(26)16(25)13(8-24)27-19/h3,5-7,9-10,13,16-17,19,24-26H,2,4,8H2,1H3/t13-,16-,17-,19-/m1/s1. The average molecular weight is 370 g/mol. The first-order chi connectivity index (χ1) is 13.1. The summed E-state index contributed by atoms with van der Waals surface area (Å²) in [7, 11) is 0. The Morgan fingerprint density at radius 2 is 2.00 bits per heavy atom. The molecule has 4 atom stereocenters. The Balaban J connectivity index is 1.76. The number of hydrogen-bond donors (Lipinski definition) is 3. The number of ether oxygens (including phenoxy) is 1.